The molecule has 2 N–H and O–H groups in total. The van der Waals surface area contributed by atoms with Crippen molar-refractivity contribution in [1.82, 2.24) is 24.5 Å². The highest BCUT2D eigenvalue weighted by atomic mass is 19.1. The van der Waals surface area contributed by atoms with Crippen LogP contribution in [0.5, 0.6) is 11.5 Å². The first-order chi connectivity index (χ1) is 17.3. The number of aliphatic imine (C=N–C) groups is 1. The predicted octanol–water partition coefficient (Wildman–Crippen LogP) is 4.13. The number of methoxy groups -OCH3 is 2. The first kappa shape index (κ1) is 24.7. The van der Waals surface area contributed by atoms with Crippen LogP contribution in [0.3, 0.4) is 0 Å². The second kappa shape index (κ2) is 10.5. The van der Waals surface area contributed by atoms with Crippen LogP contribution in [0.25, 0.3) is 0 Å². The molecule has 0 amide bonds. The van der Waals surface area contributed by atoms with Crippen molar-refractivity contribution in [2.24, 2.45) is 19.1 Å². The van der Waals surface area contributed by atoms with Gasteiger partial charge in [-0.3, -0.25) is 14.4 Å². The number of nitrogens with two attached hydrogens (primary N) is 1. The molecular formula is C25H29FN8O2. The van der Waals surface area contributed by atoms with Crippen LogP contribution in [-0.4, -0.2) is 45.0 Å². The third-order valence-corrected chi connectivity index (χ3v) is 5.83. The van der Waals surface area contributed by atoms with E-state index >= 15 is 4.39 Å². The minimum absolute atomic E-state index is 0.0393. The number of benzene rings is 1. The molecule has 4 aromatic rings. The molecular weight excluding hydrogens is 463 g/mol. The van der Waals surface area contributed by atoms with Crippen LogP contribution in [0.4, 0.5) is 27.4 Å². The van der Waals surface area contributed by atoms with Crippen LogP contribution < -0.4 is 20.1 Å². The van der Waals surface area contributed by atoms with Gasteiger partial charge in [0.1, 0.15) is 17.3 Å². The smallest absolute Gasteiger partial charge is 0.188 e. The predicted molar refractivity (Wildman–Crippen MR) is 137 cm³/mol. The molecule has 0 radical (unpaired) electrons. The summed E-state index contributed by atoms with van der Waals surface area (Å²) in [5.74, 6) is 0.634. The monoisotopic (exact) mass is 492 g/mol. The maximum Gasteiger partial charge on any atom is 0.188 e. The van der Waals surface area contributed by atoms with Crippen molar-refractivity contribution in [2.45, 2.75) is 19.4 Å². The van der Waals surface area contributed by atoms with Gasteiger partial charge in [0, 0.05) is 50.8 Å². The summed E-state index contributed by atoms with van der Waals surface area (Å²) in [6, 6.07) is 8.44. The highest BCUT2D eigenvalue weighted by molar-refractivity contribution is 5.75. The number of nitrogen functional groups attached to an aromatic ring is 1. The number of halogens is 1. The lowest BCUT2D eigenvalue weighted by Crippen LogP contribution is -2.21. The number of aryl methyl sites for hydroxylation is 2. The Labute approximate surface area is 208 Å². The molecule has 0 bridgehead atoms. The molecule has 0 aliphatic rings. The first-order valence-electron chi connectivity index (χ1n) is 11.3. The van der Waals surface area contributed by atoms with Gasteiger partial charge in [-0.05, 0) is 23.8 Å². The van der Waals surface area contributed by atoms with E-state index < -0.39 is 5.82 Å². The zero-order valence-corrected chi connectivity index (χ0v) is 20.9. The lowest BCUT2D eigenvalue weighted by atomic mass is 10.1. The van der Waals surface area contributed by atoms with Crippen LogP contribution in [0.15, 0.2) is 53.9 Å². The van der Waals surface area contributed by atoms with Gasteiger partial charge in [-0.1, -0.05) is 6.92 Å². The largest absolute Gasteiger partial charge is 0.497 e. The van der Waals surface area contributed by atoms with Crippen LogP contribution in [0, 0.1) is 5.82 Å². The summed E-state index contributed by atoms with van der Waals surface area (Å²) in [7, 11) is 6.60. The Hall–Kier alpha value is -4.41. The van der Waals surface area contributed by atoms with Gasteiger partial charge in [0.15, 0.2) is 17.4 Å². The van der Waals surface area contributed by atoms with E-state index in [-0.39, 0.29) is 29.7 Å². The van der Waals surface area contributed by atoms with Crippen molar-refractivity contribution in [3.05, 3.63) is 66.0 Å². The van der Waals surface area contributed by atoms with Gasteiger partial charge < -0.3 is 20.1 Å². The highest BCUT2D eigenvalue weighted by Crippen LogP contribution is 2.38. The molecule has 10 nitrogen and oxygen atoms in total. The molecule has 0 saturated carbocycles. The van der Waals surface area contributed by atoms with E-state index in [1.807, 2.05) is 33.3 Å². The standard InChI is InChI=1S/C25H29FN8O2/c1-16(17-13-30-32(2)14-17)12-28-20-6-7-23(31-25(20)27)34(15-18-8-9-29-33(18)3)21-10-19(35-4)11-22(36-5)24(21)26/h6-14,16H,15H2,1-5H3,(H2,27,31)/b28-12-/t16-/m0/s1. The number of pyridine rings is 1. The number of hydrogen-bond acceptors (Lipinski definition) is 8. The molecule has 0 aliphatic heterocycles. The molecule has 11 heteroatoms. The fourth-order valence-corrected chi connectivity index (χ4v) is 3.70. The molecule has 36 heavy (non-hydrogen) atoms. The Balaban J connectivity index is 1.72. The molecule has 0 saturated heterocycles. The maximum atomic E-state index is 15.5. The summed E-state index contributed by atoms with van der Waals surface area (Å²) in [5, 5.41) is 8.42. The second-order valence-corrected chi connectivity index (χ2v) is 8.28. The third kappa shape index (κ3) is 5.14. The van der Waals surface area contributed by atoms with Gasteiger partial charge in [0.25, 0.3) is 0 Å². The van der Waals surface area contributed by atoms with E-state index in [0.29, 0.717) is 17.3 Å². The van der Waals surface area contributed by atoms with Crippen molar-refractivity contribution in [3.63, 3.8) is 0 Å². The number of ether oxygens (including phenoxy) is 2. The summed E-state index contributed by atoms with van der Waals surface area (Å²) < 4.78 is 29.5. The van der Waals surface area contributed by atoms with Crippen molar-refractivity contribution >= 4 is 29.2 Å². The minimum atomic E-state index is -0.548. The molecule has 3 heterocycles. The number of rotatable bonds is 9. The van der Waals surface area contributed by atoms with Crippen molar-refractivity contribution in [2.75, 3.05) is 24.9 Å². The molecule has 0 spiro atoms. The summed E-state index contributed by atoms with van der Waals surface area (Å²) in [5.41, 5.74) is 8.90. The maximum absolute atomic E-state index is 15.5. The minimum Gasteiger partial charge on any atom is -0.497 e. The highest BCUT2D eigenvalue weighted by Gasteiger charge is 2.22. The summed E-state index contributed by atoms with van der Waals surface area (Å²) in [6.07, 6.45) is 7.21. The zero-order valence-electron chi connectivity index (χ0n) is 20.9. The van der Waals surface area contributed by atoms with E-state index in [1.165, 1.54) is 20.3 Å². The van der Waals surface area contributed by atoms with E-state index in [1.54, 1.807) is 51.1 Å². The van der Waals surface area contributed by atoms with Gasteiger partial charge in [-0.25, -0.2) is 9.37 Å². The SMILES string of the molecule is COc1cc(OC)c(F)c(N(Cc2ccnn2C)c2ccc(/N=C\[C@H](C)c3cnn(C)c3)c(N)n2)c1. The Morgan fingerprint density at radius 2 is 1.97 bits per heavy atom. The number of anilines is 3. The molecule has 0 fully saturated rings. The van der Waals surface area contributed by atoms with Gasteiger partial charge in [-0.15, -0.1) is 0 Å². The van der Waals surface area contributed by atoms with Gasteiger partial charge in [-0.2, -0.15) is 10.2 Å². The Bertz CT molecular complexity index is 1380. The van der Waals surface area contributed by atoms with Crippen molar-refractivity contribution in [1.29, 1.82) is 0 Å². The summed E-state index contributed by atoms with van der Waals surface area (Å²) in [4.78, 5) is 10.8. The van der Waals surface area contributed by atoms with E-state index in [2.05, 4.69) is 20.2 Å². The van der Waals surface area contributed by atoms with E-state index in [4.69, 9.17) is 15.2 Å². The Morgan fingerprint density at radius 1 is 1.17 bits per heavy atom. The van der Waals surface area contributed by atoms with Gasteiger partial charge in [0.05, 0.1) is 38.3 Å². The molecule has 0 unspecified atom stereocenters. The summed E-state index contributed by atoms with van der Waals surface area (Å²) >= 11 is 0. The van der Waals surface area contributed by atoms with Crippen LogP contribution in [0.1, 0.15) is 24.1 Å². The van der Waals surface area contributed by atoms with Crippen molar-refractivity contribution < 1.29 is 13.9 Å². The summed E-state index contributed by atoms with van der Waals surface area (Å²) in [6.45, 7) is 2.30. The lowest BCUT2D eigenvalue weighted by Gasteiger charge is -2.26. The van der Waals surface area contributed by atoms with E-state index in [9.17, 15) is 0 Å². The molecule has 3 aromatic heterocycles. The zero-order chi connectivity index (χ0) is 25.8. The fourth-order valence-electron chi connectivity index (χ4n) is 3.70. The average molecular weight is 493 g/mol. The van der Waals surface area contributed by atoms with Crippen LogP contribution in [0.2, 0.25) is 0 Å². The number of hydrogen-bond donors (Lipinski definition) is 1. The van der Waals surface area contributed by atoms with Gasteiger partial charge >= 0.3 is 0 Å². The number of nitrogens with zero attached hydrogens (tertiary/aromatic N) is 7. The first-order valence-corrected chi connectivity index (χ1v) is 11.3. The van der Waals surface area contributed by atoms with Crippen molar-refractivity contribution in [3.8, 4) is 11.5 Å². The molecule has 1 atom stereocenters. The molecule has 1 aromatic carbocycles. The quantitative estimate of drug-likeness (QED) is 0.350. The number of aromatic nitrogens is 5. The second-order valence-electron chi connectivity index (χ2n) is 8.28. The normalized spacial score (nSPS) is 12.2. The van der Waals surface area contributed by atoms with Crippen LogP contribution in [-0.2, 0) is 20.6 Å². The topological polar surface area (TPSA) is 109 Å². The van der Waals surface area contributed by atoms with Crippen LogP contribution >= 0.6 is 0 Å². The molecule has 0 aliphatic carbocycles. The molecule has 4 rings (SSSR count). The average Bonchev–Trinajstić information content (AvgIpc) is 3.49. The Kier molecular flexibility index (Phi) is 7.18. The van der Waals surface area contributed by atoms with E-state index in [0.717, 1.165) is 11.3 Å². The molecule has 188 valence electrons. The Morgan fingerprint density at radius 3 is 2.58 bits per heavy atom. The van der Waals surface area contributed by atoms with Gasteiger partial charge in [0.2, 0.25) is 0 Å². The fraction of sp³-hybridized carbons (Fsp3) is 0.280. The lowest BCUT2D eigenvalue weighted by molar-refractivity contribution is 0.374. The third-order valence-electron chi connectivity index (χ3n) is 5.83.